The number of para-hydroxylation sites is 5. The second-order valence-corrected chi connectivity index (χ2v) is 40.0. The van der Waals surface area contributed by atoms with Crippen LogP contribution in [0.3, 0.4) is 0 Å². The summed E-state index contributed by atoms with van der Waals surface area (Å²) in [7, 11) is 0. The maximum Gasteiger partial charge on any atom is 0.134 e. The van der Waals surface area contributed by atoms with E-state index < -0.39 is 24.1 Å². The molecule has 718 valence electrons. The monoisotopic (exact) mass is 1890 g/mol. The van der Waals surface area contributed by atoms with Gasteiger partial charge >= 0.3 is 0 Å². The van der Waals surface area contributed by atoms with E-state index >= 15 is 0 Å². The number of benzene rings is 14. The lowest BCUT2D eigenvalue weighted by atomic mass is 9.76. The summed E-state index contributed by atoms with van der Waals surface area (Å²) < 4.78 is 35.9. The molecule has 14 aromatic rings. The predicted octanol–water partition coefficient (Wildman–Crippen LogP) is 32.4. The Morgan fingerprint density at radius 3 is 0.972 bits per heavy atom. The van der Waals surface area contributed by atoms with Crippen LogP contribution < -0.4 is 24.5 Å². The Balaban J connectivity index is 0.000000105. The standard InChI is InChI=1S/C32H28N2.C31H32N2.C26H24N2.C25H28N2.C20H20N2/c1-24-14-12-13-21-29(24)33-25(2)30-22-23-32(27-17-8-4-9-18-27,28-19-10-5-11-20-28)34(30)31(33)26-15-6-3-7-16-26;1-23-13-9-12-20-28(23)32-24(2)29-21-22-31(27-18-10-11-19-27,26-16-7-4-8-17-26)33(29)30(32)25-14-5-3-6-15-25;1-19-11-9-10-16-23(19)27-20(2)24-17-18-25(21-12-5-3-6-13-21)28(24)26(27)22-14-7-4-8-15-22;1-18-10-6-9-15-22(18)26-19(2)23-16-17-24(20-11-7-8-12-20)27(23)25(26)21-13-4-3-5-14-21;1-15-9-6-7-12-18(15)22-16(2)19-13-8-14-21(19)20(22)17-10-4-3-5-11-17/h3-23,31H,1-2H3;3-9,12-17,20-22,27,30H,10-11,18-19H2,1-2H3;3-18,25-26H,1-2H3;3-6,9-10,13-17,20,24-25H,7-8,11-12H2,1-2H3;3-13,20H,14H2,1-2H3/i;;25D;24D;14D2. The van der Waals surface area contributed by atoms with E-state index in [0.29, 0.717) is 11.8 Å². The molecule has 0 amide bonds. The first-order valence-electron chi connectivity index (χ1n) is 53.8. The molecule has 12 aliphatic rings. The van der Waals surface area contributed by atoms with Crippen molar-refractivity contribution in [3.8, 4) is 0 Å². The van der Waals surface area contributed by atoms with Crippen LogP contribution >= 0.6 is 0 Å². The van der Waals surface area contributed by atoms with Gasteiger partial charge in [-0.2, -0.15) is 0 Å². The summed E-state index contributed by atoms with van der Waals surface area (Å²) in [5.74, 6) is 1.02. The average molecular weight is 1890 g/mol. The molecule has 0 saturated heterocycles. The highest BCUT2D eigenvalue weighted by Gasteiger charge is 2.57. The fourth-order valence-electron chi connectivity index (χ4n) is 25.0. The first kappa shape index (κ1) is 88.6. The molecule has 0 bridgehead atoms. The van der Waals surface area contributed by atoms with Crippen molar-refractivity contribution in [1.29, 1.82) is 0 Å². The van der Waals surface area contributed by atoms with Gasteiger partial charge in [-0.1, -0.05) is 414 Å². The summed E-state index contributed by atoms with van der Waals surface area (Å²) in [6, 6.07) is 138. The quantitative estimate of drug-likeness (QED) is 0.0933. The number of hydrogen-bond donors (Lipinski definition) is 0. The minimum atomic E-state index is -1.49. The number of rotatable bonds is 16. The molecule has 0 N–H and O–H groups in total. The maximum atomic E-state index is 9.56. The molecule has 8 unspecified atom stereocenters. The summed E-state index contributed by atoms with van der Waals surface area (Å²) in [6.45, 7) is 20.4. The van der Waals surface area contributed by atoms with E-state index in [1.807, 2.05) is 83.8 Å². The molecular formula is C134H132N10. The van der Waals surface area contributed by atoms with Crippen LogP contribution in [0.2, 0.25) is 0 Å². The Morgan fingerprint density at radius 2 is 0.556 bits per heavy atom. The lowest BCUT2D eigenvalue weighted by Crippen LogP contribution is -2.48. The third kappa shape index (κ3) is 16.7. The first-order chi connectivity index (χ1) is 72.2. The zero-order chi connectivity index (χ0) is 102. The average Bonchev–Trinajstić information content (AvgIpc) is 1.53. The van der Waals surface area contributed by atoms with Gasteiger partial charge in [0, 0.05) is 63.4 Å². The molecule has 14 aromatic carbocycles. The van der Waals surface area contributed by atoms with Crippen LogP contribution in [0.1, 0.15) is 206 Å². The lowest BCUT2D eigenvalue weighted by molar-refractivity contribution is 0.0932. The molecular weight excluding hydrogens is 1750 g/mol. The number of hydrogen-bond acceptors (Lipinski definition) is 10. The summed E-state index contributed by atoms with van der Waals surface area (Å²) in [4.78, 5) is 24.1. The molecule has 10 aliphatic heterocycles. The van der Waals surface area contributed by atoms with Gasteiger partial charge in [0.1, 0.15) is 36.4 Å². The summed E-state index contributed by atoms with van der Waals surface area (Å²) >= 11 is 0. The van der Waals surface area contributed by atoms with Crippen LogP contribution in [-0.2, 0) is 11.1 Å². The topological polar surface area (TPSA) is 32.4 Å². The molecule has 0 radical (unpaired) electrons. The summed E-state index contributed by atoms with van der Waals surface area (Å²) in [5, 5.41) is 0. The maximum absolute atomic E-state index is 9.56. The lowest BCUT2D eigenvalue weighted by Gasteiger charge is -2.48. The summed E-state index contributed by atoms with van der Waals surface area (Å²) in [6.07, 6.45) is 31.6. The van der Waals surface area contributed by atoms with Gasteiger partial charge in [0.15, 0.2) is 0 Å². The molecule has 26 rings (SSSR count). The molecule has 0 spiro atoms. The minimum absolute atomic E-state index is 0.0189. The predicted molar refractivity (Wildman–Crippen MR) is 596 cm³/mol. The van der Waals surface area contributed by atoms with Gasteiger partial charge < -0.3 is 49.0 Å². The zero-order valence-corrected chi connectivity index (χ0v) is 84.5. The molecule has 10 heteroatoms. The highest BCUT2D eigenvalue weighted by atomic mass is 15.5. The first-order valence-corrected chi connectivity index (χ1v) is 51.8. The third-order valence-electron chi connectivity index (χ3n) is 31.8. The van der Waals surface area contributed by atoms with E-state index in [1.165, 1.54) is 168 Å². The normalized spacial score (nSPS) is 23.6. The van der Waals surface area contributed by atoms with Gasteiger partial charge in [0.2, 0.25) is 0 Å². The van der Waals surface area contributed by atoms with Crippen molar-refractivity contribution in [1.82, 2.24) is 24.5 Å². The summed E-state index contributed by atoms with van der Waals surface area (Å²) in [5.41, 5.74) is 34.9. The van der Waals surface area contributed by atoms with Gasteiger partial charge in [-0.05, 0) is 251 Å². The molecule has 0 aromatic heterocycles. The van der Waals surface area contributed by atoms with Crippen LogP contribution in [0.4, 0.5) is 28.4 Å². The van der Waals surface area contributed by atoms with E-state index in [2.05, 4.69) is 483 Å². The Kier molecular flexibility index (Phi) is 24.9. The van der Waals surface area contributed by atoms with Crippen molar-refractivity contribution in [2.24, 2.45) is 11.8 Å². The van der Waals surface area contributed by atoms with Crippen LogP contribution in [0.15, 0.2) is 512 Å². The van der Waals surface area contributed by atoms with Gasteiger partial charge in [-0.25, -0.2) is 0 Å². The number of nitrogens with zero attached hydrogens (tertiary/aromatic N) is 10. The number of anilines is 5. The van der Waals surface area contributed by atoms with Crippen LogP contribution in [0.25, 0.3) is 0 Å². The van der Waals surface area contributed by atoms with Gasteiger partial charge in [0.05, 0.1) is 51.5 Å². The number of allylic oxidation sites excluding steroid dienone is 10. The van der Waals surface area contributed by atoms with Crippen molar-refractivity contribution in [2.75, 3.05) is 31.0 Å². The van der Waals surface area contributed by atoms with Crippen LogP contribution in [0.5, 0.6) is 0 Å². The second kappa shape index (κ2) is 40.5. The smallest absolute Gasteiger partial charge is 0.134 e. The van der Waals surface area contributed by atoms with Gasteiger partial charge in [-0.3, -0.25) is 0 Å². The van der Waals surface area contributed by atoms with Crippen molar-refractivity contribution >= 4 is 28.4 Å². The SMILES string of the molecule is CC1=C2C=CC(c3ccccc3)(C3CCCC3)N2C(c2ccccc2)N1c1ccccc1C.CC1=C2C=CC(c3ccccc3)(c3ccccc3)N2C(c2ccccc2)N1c1ccccc1C.[2H]C1(C2CCCC2)C=CC2=C(C)N(c3ccccc3C)C(c3ccccc3)N21.[2H]C1([2H])C=CC2=C(C)N(c3ccccc3C)C(c3ccccc3)N21.[2H]C1(c2ccccc2)C=CC2=C(C)N(c3ccccc3C)C(c3ccccc3)N21. The molecule has 144 heavy (non-hydrogen) atoms. The van der Waals surface area contributed by atoms with E-state index in [9.17, 15) is 2.74 Å². The van der Waals surface area contributed by atoms with Crippen molar-refractivity contribution < 1.29 is 5.48 Å². The van der Waals surface area contributed by atoms with Crippen LogP contribution in [0, 0.1) is 46.5 Å². The Morgan fingerprint density at radius 1 is 0.257 bits per heavy atom. The Labute approximate surface area is 860 Å². The third-order valence-corrected chi connectivity index (χ3v) is 31.8. The van der Waals surface area contributed by atoms with Gasteiger partial charge in [-0.15, -0.1) is 0 Å². The molecule has 2 aliphatic carbocycles. The molecule has 2 saturated carbocycles. The molecule has 10 nitrogen and oxygen atoms in total. The molecule has 2 fully saturated rings. The fraction of sp³-hybridized carbons (Fsp3) is 0.224. The van der Waals surface area contributed by atoms with Crippen molar-refractivity contribution in [3.05, 3.63) is 590 Å². The van der Waals surface area contributed by atoms with Crippen molar-refractivity contribution in [3.63, 3.8) is 0 Å². The van der Waals surface area contributed by atoms with E-state index in [-0.39, 0.29) is 36.4 Å². The van der Waals surface area contributed by atoms with E-state index in [0.717, 1.165) is 46.7 Å². The highest BCUT2D eigenvalue weighted by Crippen LogP contribution is 2.62. The second-order valence-electron chi connectivity index (χ2n) is 40.0. The Hall–Kier alpha value is -15.5. The number of aryl methyl sites for hydroxylation is 5. The molecule has 8 atom stereocenters. The van der Waals surface area contributed by atoms with E-state index in [1.54, 1.807) is 6.08 Å². The van der Waals surface area contributed by atoms with Crippen molar-refractivity contribution in [2.45, 2.75) is 175 Å². The minimum Gasteiger partial charge on any atom is -0.342 e. The Bertz CT molecular complexity index is 7480. The molecule has 10 heterocycles. The number of fused-ring (bicyclic) bond motifs is 5. The fourth-order valence-corrected chi connectivity index (χ4v) is 25.0. The van der Waals surface area contributed by atoms with Crippen LogP contribution in [-0.4, -0.2) is 37.0 Å². The largest absolute Gasteiger partial charge is 0.342 e. The zero-order valence-electron chi connectivity index (χ0n) is 88.5. The van der Waals surface area contributed by atoms with E-state index in [4.69, 9.17) is 2.74 Å². The van der Waals surface area contributed by atoms with Gasteiger partial charge in [0.25, 0.3) is 0 Å². The highest BCUT2D eigenvalue weighted by molar-refractivity contribution is 5.72.